The Morgan fingerprint density at radius 1 is 1.09 bits per heavy atom. The molecule has 10 heteroatoms. The zero-order valence-corrected chi connectivity index (χ0v) is 28.5. The Balaban J connectivity index is 1.86. The van der Waals surface area contributed by atoms with Gasteiger partial charge in [0.1, 0.15) is 5.75 Å². The molecule has 2 aromatic carbocycles. The van der Waals surface area contributed by atoms with Crippen molar-refractivity contribution in [2.24, 2.45) is 5.92 Å². The van der Waals surface area contributed by atoms with Gasteiger partial charge in [-0.1, -0.05) is 37.3 Å². The van der Waals surface area contributed by atoms with E-state index in [4.69, 9.17) is 9.47 Å². The number of nitrogens with one attached hydrogen (secondary N) is 1. The SMILES string of the molecule is C[C@@H]1CCCCO[C@@H](CN(C)C(=O)Cc2ccccc2)[C@@H](C)CN([C@H](C)CO)C(=O)c2cc(NC(=O)CCCN(C)C)ccc2O1. The topological polar surface area (TPSA) is 112 Å². The van der Waals surface area contributed by atoms with Gasteiger partial charge >= 0.3 is 0 Å². The average molecular weight is 639 g/mol. The fraction of sp³-hybridized carbons (Fsp3) is 0.583. The average Bonchev–Trinajstić information content (AvgIpc) is 3.02. The molecule has 0 aromatic heterocycles. The molecule has 3 rings (SSSR count). The lowest BCUT2D eigenvalue weighted by atomic mass is 10.0. The summed E-state index contributed by atoms with van der Waals surface area (Å²) in [5.41, 5.74) is 1.80. The van der Waals surface area contributed by atoms with Gasteiger partial charge in [0.2, 0.25) is 11.8 Å². The number of ether oxygens (including phenoxy) is 2. The molecule has 1 aliphatic rings. The lowest BCUT2D eigenvalue weighted by molar-refractivity contribution is -0.131. The molecule has 1 heterocycles. The van der Waals surface area contributed by atoms with E-state index in [1.807, 2.05) is 63.2 Å². The van der Waals surface area contributed by atoms with Gasteiger partial charge in [0, 0.05) is 44.8 Å². The summed E-state index contributed by atoms with van der Waals surface area (Å²) in [6.45, 7) is 7.57. The highest BCUT2D eigenvalue weighted by Crippen LogP contribution is 2.28. The van der Waals surface area contributed by atoms with Gasteiger partial charge in [-0.15, -0.1) is 0 Å². The lowest BCUT2D eigenvalue weighted by Gasteiger charge is -2.36. The standard InChI is InChI=1S/C36H54N4O6/c1-26-23-40(27(2)25-41)36(44)31-22-30(37-34(42)16-12-19-38(4)5)17-18-32(31)46-28(3)13-10-11-20-45-33(26)24-39(6)35(43)21-29-14-8-7-9-15-29/h7-9,14-15,17-18,22,26-28,33,41H,10-13,16,19-21,23-25H2,1-6H3,(H,37,42)/t26-,27+,28+,33-/m0/s1. The number of aliphatic hydroxyl groups excluding tert-OH is 1. The van der Waals surface area contributed by atoms with Crippen LogP contribution in [0.2, 0.25) is 0 Å². The molecule has 0 radical (unpaired) electrons. The molecule has 254 valence electrons. The van der Waals surface area contributed by atoms with E-state index >= 15 is 0 Å². The second-order valence-electron chi connectivity index (χ2n) is 12.9. The predicted molar refractivity (Wildman–Crippen MR) is 181 cm³/mol. The Bertz CT molecular complexity index is 1260. The third kappa shape index (κ3) is 11.7. The normalized spacial score (nSPS) is 20.3. The van der Waals surface area contributed by atoms with Crippen LogP contribution in [0.1, 0.15) is 68.8 Å². The van der Waals surface area contributed by atoms with Crippen LogP contribution >= 0.6 is 0 Å². The van der Waals surface area contributed by atoms with Gasteiger partial charge in [0.15, 0.2) is 0 Å². The van der Waals surface area contributed by atoms with E-state index in [0.717, 1.165) is 37.8 Å². The zero-order chi connectivity index (χ0) is 33.6. The van der Waals surface area contributed by atoms with Crippen molar-refractivity contribution in [2.75, 3.05) is 59.3 Å². The van der Waals surface area contributed by atoms with Gasteiger partial charge < -0.3 is 34.6 Å². The molecule has 0 saturated heterocycles. The monoisotopic (exact) mass is 638 g/mol. The van der Waals surface area contributed by atoms with Crippen LogP contribution in [0.5, 0.6) is 5.75 Å². The first-order valence-corrected chi connectivity index (χ1v) is 16.5. The molecular weight excluding hydrogens is 584 g/mol. The summed E-state index contributed by atoms with van der Waals surface area (Å²) in [5, 5.41) is 13.1. The molecule has 46 heavy (non-hydrogen) atoms. The Morgan fingerprint density at radius 2 is 1.83 bits per heavy atom. The molecule has 1 aliphatic heterocycles. The van der Waals surface area contributed by atoms with Crippen molar-refractivity contribution in [3.63, 3.8) is 0 Å². The maximum absolute atomic E-state index is 14.3. The Labute approximate surface area is 275 Å². The van der Waals surface area contributed by atoms with E-state index in [0.29, 0.717) is 49.5 Å². The summed E-state index contributed by atoms with van der Waals surface area (Å²) in [4.78, 5) is 45.5. The number of rotatable bonds is 11. The first kappa shape index (κ1) is 37.0. The van der Waals surface area contributed by atoms with Crippen LogP contribution < -0.4 is 10.1 Å². The smallest absolute Gasteiger partial charge is 0.258 e. The van der Waals surface area contributed by atoms with Crippen LogP contribution in [0.15, 0.2) is 48.5 Å². The van der Waals surface area contributed by atoms with Crippen LogP contribution in [0.3, 0.4) is 0 Å². The third-order valence-electron chi connectivity index (χ3n) is 8.42. The second-order valence-corrected chi connectivity index (χ2v) is 12.9. The first-order chi connectivity index (χ1) is 22.0. The number of aliphatic hydroxyl groups is 1. The lowest BCUT2D eigenvalue weighted by Crippen LogP contribution is -2.48. The minimum absolute atomic E-state index is 0.00532. The maximum Gasteiger partial charge on any atom is 0.258 e. The third-order valence-corrected chi connectivity index (χ3v) is 8.42. The highest BCUT2D eigenvalue weighted by atomic mass is 16.5. The maximum atomic E-state index is 14.3. The number of hydrogen-bond acceptors (Lipinski definition) is 7. The molecule has 4 atom stereocenters. The van der Waals surface area contributed by atoms with Gasteiger partial charge in [-0.05, 0) is 83.9 Å². The summed E-state index contributed by atoms with van der Waals surface area (Å²) < 4.78 is 12.7. The van der Waals surface area contributed by atoms with Crippen molar-refractivity contribution in [1.29, 1.82) is 0 Å². The molecule has 2 N–H and O–H groups in total. The highest BCUT2D eigenvalue weighted by Gasteiger charge is 2.31. The predicted octanol–water partition coefficient (Wildman–Crippen LogP) is 4.46. The molecule has 0 aliphatic carbocycles. The fourth-order valence-corrected chi connectivity index (χ4v) is 5.52. The van der Waals surface area contributed by atoms with E-state index in [9.17, 15) is 19.5 Å². The van der Waals surface area contributed by atoms with Crippen molar-refractivity contribution in [2.45, 2.75) is 77.5 Å². The zero-order valence-electron chi connectivity index (χ0n) is 28.5. The van der Waals surface area contributed by atoms with E-state index in [-0.39, 0.29) is 42.5 Å². The highest BCUT2D eigenvalue weighted by molar-refractivity contribution is 5.99. The van der Waals surface area contributed by atoms with Crippen LogP contribution in [-0.2, 0) is 20.7 Å². The van der Waals surface area contributed by atoms with Gasteiger partial charge in [-0.2, -0.15) is 0 Å². The summed E-state index contributed by atoms with van der Waals surface area (Å²) >= 11 is 0. The number of nitrogens with zero attached hydrogens (tertiary/aromatic N) is 3. The quantitative estimate of drug-likeness (QED) is 0.374. The number of hydrogen-bond donors (Lipinski definition) is 2. The van der Waals surface area contributed by atoms with E-state index < -0.39 is 6.04 Å². The van der Waals surface area contributed by atoms with Crippen molar-refractivity contribution >= 4 is 23.4 Å². The number of amides is 3. The molecule has 0 spiro atoms. The molecule has 2 aromatic rings. The Hall–Kier alpha value is -3.47. The molecule has 10 nitrogen and oxygen atoms in total. The van der Waals surface area contributed by atoms with Crippen molar-refractivity contribution < 1.29 is 29.0 Å². The number of benzene rings is 2. The Kier molecular flexibility index (Phi) is 15.0. The van der Waals surface area contributed by atoms with Crippen LogP contribution in [0.4, 0.5) is 5.69 Å². The number of likely N-dealkylation sites (N-methyl/N-ethyl adjacent to an activating group) is 1. The van der Waals surface area contributed by atoms with Crippen LogP contribution in [0.25, 0.3) is 0 Å². The molecule has 0 bridgehead atoms. The van der Waals surface area contributed by atoms with E-state index in [1.54, 1.807) is 42.0 Å². The first-order valence-electron chi connectivity index (χ1n) is 16.5. The van der Waals surface area contributed by atoms with E-state index in [2.05, 4.69) is 5.32 Å². The largest absolute Gasteiger partial charge is 0.490 e. The summed E-state index contributed by atoms with van der Waals surface area (Å²) in [5.74, 6) is -0.139. The number of carbonyl (C=O) groups is 3. The molecular formula is C36H54N4O6. The van der Waals surface area contributed by atoms with Crippen molar-refractivity contribution in [3.8, 4) is 5.75 Å². The summed E-state index contributed by atoms with van der Waals surface area (Å²) in [6.07, 6.45) is 3.39. The Morgan fingerprint density at radius 3 is 2.52 bits per heavy atom. The number of fused-ring (bicyclic) bond motifs is 1. The van der Waals surface area contributed by atoms with Crippen molar-refractivity contribution in [1.82, 2.24) is 14.7 Å². The molecule has 0 fully saturated rings. The molecule has 0 unspecified atom stereocenters. The van der Waals surface area contributed by atoms with Crippen LogP contribution in [-0.4, -0.2) is 110 Å². The minimum atomic E-state index is -0.490. The van der Waals surface area contributed by atoms with E-state index in [1.165, 1.54) is 0 Å². The summed E-state index contributed by atoms with van der Waals surface area (Å²) in [6, 6.07) is 14.4. The molecule has 0 saturated carbocycles. The van der Waals surface area contributed by atoms with Gasteiger partial charge in [-0.25, -0.2) is 0 Å². The van der Waals surface area contributed by atoms with Gasteiger partial charge in [0.25, 0.3) is 5.91 Å². The number of carbonyl (C=O) groups excluding carboxylic acids is 3. The number of anilines is 1. The van der Waals surface area contributed by atoms with Gasteiger partial charge in [-0.3, -0.25) is 14.4 Å². The summed E-state index contributed by atoms with van der Waals surface area (Å²) in [7, 11) is 5.73. The minimum Gasteiger partial charge on any atom is -0.490 e. The van der Waals surface area contributed by atoms with Crippen LogP contribution in [0, 0.1) is 5.92 Å². The molecule has 3 amide bonds. The van der Waals surface area contributed by atoms with Crippen molar-refractivity contribution in [3.05, 3.63) is 59.7 Å². The fourth-order valence-electron chi connectivity index (χ4n) is 5.52. The second kappa shape index (κ2) is 18.6. The van der Waals surface area contributed by atoms with Gasteiger partial charge in [0.05, 0.1) is 36.8 Å².